The maximum absolute atomic E-state index is 13.6. The van der Waals surface area contributed by atoms with E-state index in [0.717, 1.165) is 44.5 Å². The minimum Gasteiger partial charge on any atom is -0.423 e. The smallest absolute Gasteiger partial charge is 0.423 e. The molecule has 8 rings (SSSR count). The zero-order valence-corrected chi connectivity index (χ0v) is 45.2. The summed E-state index contributed by atoms with van der Waals surface area (Å²) in [7, 11) is -8.45. The van der Waals surface area contributed by atoms with E-state index in [4.69, 9.17) is 33.2 Å². The van der Waals surface area contributed by atoms with Crippen LogP contribution in [0.4, 0.5) is 52.7 Å². The Kier molecular flexibility index (Phi) is 19.3. The third kappa shape index (κ3) is 13.7. The van der Waals surface area contributed by atoms with Crippen LogP contribution in [0.15, 0.2) is 147 Å². The minimum atomic E-state index is -6.13. The number of halogens is 15. The first-order chi connectivity index (χ1) is 35.8. The van der Waals surface area contributed by atoms with Crippen molar-refractivity contribution in [2.75, 3.05) is 12.5 Å². The van der Waals surface area contributed by atoms with Crippen LogP contribution < -0.4 is 5.46 Å². The molecule has 4 heterocycles. The van der Waals surface area contributed by atoms with Crippen LogP contribution >= 0.6 is 61.8 Å². The predicted octanol–water partition coefficient (Wildman–Crippen LogP) is 12.4. The van der Waals surface area contributed by atoms with Crippen LogP contribution in [0.3, 0.4) is 0 Å². The molecule has 4 aromatic carbocycles. The van der Waals surface area contributed by atoms with Crippen molar-refractivity contribution in [1.82, 2.24) is 19.6 Å². The average molecular weight is 1300 g/mol. The van der Waals surface area contributed by atoms with Crippen molar-refractivity contribution in [3.63, 3.8) is 0 Å². The van der Waals surface area contributed by atoms with Gasteiger partial charge in [-0.05, 0) is 112 Å². The lowest BCUT2D eigenvalue weighted by molar-refractivity contribution is -0.378. The molecular weight excluding hydrogens is 1270 g/mol. The highest BCUT2D eigenvalue weighted by Gasteiger charge is 2.74. The molecule has 0 aliphatic heterocycles. The summed E-state index contributed by atoms with van der Waals surface area (Å²) in [6.45, 7) is 0. The largest absolute Gasteiger partial charge is 0.488 e. The van der Waals surface area contributed by atoms with Crippen LogP contribution in [0.5, 0.6) is 0 Å². The van der Waals surface area contributed by atoms with Gasteiger partial charge in [0.05, 0.1) is 56.1 Å². The van der Waals surface area contributed by atoms with E-state index in [-0.39, 0.29) is 60.4 Å². The van der Waals surface area contributed by atoms with Gasteiger partial charge >= 0.3 is 43.0 Å². The normalized spacial score (nSPS) is 12.7. The Bertz CT molecular complexity index is 3670. The lowest BCUT2D eigenvalue weighted by Gasteiger charge is -2.30. The number of para-hydroxylation sites is 2. The predicted molar refractivity (Wildman–Crippen MR) is 278 cm³/mol. The number of aromatic nitrogens is 4. The van der Waals surface area contributed by atoms with Crippen LogP contribution in [0, 0.1) is 0 Å². The van der Waals surface area contributed by atoms with Crippen LogP contribution in [0.2, 0.25) is 10.0 Å². The first-order valence-electron chi connectivity index (χ1n) is 21.1. The van der Waals surface area contributed by atoms with Gasteiger partial charge in [-0.1, -0.05) is 79.2 Å². The summed E-state index contributed by atoms with van der Waals surface area (Å²) in [5.41, 5.74) is -13.3. The molecule has 0 spiro atoms. The number of rotatable bonds is 10. The quantitative estimate of drug-likeness (QED) is 0.0759. The number of benzene rings is 4. The first kappa shape index (κ1) is 64.5. The van der Waals surface area contributed by atoms with Crippen molar-refractivity contribution in [2.45, 2.75) is 53.1 Å². The molecule has 0 saturated carbocycles. The third-order valence-electron chi connectivity index (χ3n) is 10.8. The lowest BCUT2D eigenvalue weighted by Crippen LogP contribution is -2.54. The molecule has 12 nitrogen and oxygen atoms in total. The molecule has 0 radical (unpaired) electrons. The van der Waals surface area contributed by atoms with E-state index in [1.54, 1.807) is 18.2 Å². The van der Waals surface area contributed by atoms with Crippen molar-refractivity contribution >= 4 is 94.1 Å². The van der Waals surface area contributed by atoms with Crippen molar-refractivity contribution < 1.29 is 89.8 Å². The Hall–Kier alpha value is -5.28. The van der Waals surface area contributed by atoms with E-state index in [2.05, 4.69) is 26.1 Å². The van der Waals surface area contributed by atoms with Gasteiger partial charge in [-0.3, -0.25) is 0 Å². The standard InChI is InChI=1S/C23H15ClF6N2O3S2.C16H8BrClF6N2OS.C7H9BO4S.CH4/c1-37(34,35)14-6-4-5-13(11-14)18-9-10-19(36-18)17-12-20(21(33,22(25,26)27)23(28,29)30)31-32(17)16-8-3-2-7-15(16)24;17-13-6-5-11(28-13)10-7-12(14(27,15(19,20)21)16(22,23)24)25-26(10)9-4-2-1-3-8(9)18;1-13(11,12)7-4-2-3-6(5-7)8(9)10;/h2-12,33H,1H3;1-7,27H;2-5,9-10H,1H3;1H4. The summed E-state index contributed by atoms with van der Waals surface area (Å²) in [6.07, 6.45) is -22.3. The lowest BCUT2D eigenvalue weighted by atomic mass is 9.80. The van der Waals surface area contributed by atoms with E-state index in [1.165, 1.54) is 103 Å². The van der Waals surface area contributed by atoms with Gasteiger partial charge in [-0.2, -0.15) is 62.9 Å². The number of sulfone groups is 2. The SMILES string of the molecule is C.CS(=O)(=O)c1cccc(-c2ccc(-c3cc(C(O)(C(F)(F)F)C(F)(F)F)nn3-c3ccccc3Cl)s2)c1.CS(=O)(=O)c1cccc(B(O)O)c1.OC(c1cc(-c2ccc(Br)s2)n(-c2ccccc2Cl)n1)(C(F)(F)F)C(F)(F)F. The van der Waals surface area contributed by atoms with Crippen molar-refractivity contribution in [3.8, 4) is 43.0 Å². The van der Waals surface area contributed by atoms with Crippen LogP contribution in [-0.2, 0) is 30.9 Å². The molecule has 0 aliphatic rings. The highest BCUT2D eigenvalue weighted by Crippen LogP contribution is 2.52. The molecule has 424 valence electrons. The zero-order valence-electron chi connectivity index (χ0n) is 38.8. The fourth-order valence-electron chi connectivity index (χ4n) is 6.85. The second-order valence-corrected chi connectivity index (χ2v) is 24.6. The van der Waals surface area contributed by atoms with E-state index in [9.17, 15) is 79.7 Å². The highest BCUT2D eigenvalue weighted by molar-refractivity contribution is 9.11. The fraction of sp³-hybridized carbons (Fsp3) is 0.191. The van der Waals surface area contributed by atoms with Crippen molar-refractivity contribution in [2.24, 2.45) is 0 Å². The third-order valence-corrected chi connectivity index (χ3v) is 16.4. The number of aliphatic hydroxyl groups is 2. The Balaban J connectivity index is 0.000000240. The van der Waals surface area contributed by atoms with E-state index < -0.39 is 74.1 Å². The summed E-state index contributed by atoms with van der Waals surface area (Å²) in [5, 5.41) is 44.2. The topological polar surface area (TPSA) is 185 Å². The van der Waals surface area contributed by atoms with Gasteiger partial charge in [0.15, 0.2) is 19.7 Å². The van der Waals surface area contributed by atoms with Gasteiger partial charge in [-0.25, -0.2) is 26.2 Å². The Morgan fingerprint density at radius 3 is 1.28 bits per heavy atom. The van der Waals surface area contributed by atoms with Gasteiger partial charge in [-0.15, -0.1) is 22.7 Å². The molecule has 0 amide bonds. The Morgan fingerprint density at radius 1 is 0.519 bits per heavy atom. The van der Waals surface area contributed by atoms with Crippen LogP contribution in [-0.4, -0.2) is 101 Å². The van der Waals surface area contributed by atoms with E-state index >= 15 is 0 Å². The summed E-state index contributed by atoms with van der Waals surface area (Å²) in [4.78, 5) is 1.10. The number of nitrogens with zero attached hydrogens (tertiary/aromatic N) is 4. The van der Waals surface area contributed by atoms with Crippen molar-refractivity contribution in [3.05, 3.63) is 159 Å². The van der Waals surface area contributed by atoms with Crippen LogP contribution in [0.25, 0.3) is 43.0 Å². The molecule has 4 N–H and O–H groups in total. The molecule has 0 bridgehead atoms. The number of thiophene rings is 2. The van der Waals surface area contributed by atoms with Gasteiger partial charge in [0, 0.05) is 17.4 Å². The summed E-state index contributed by atoms with van der Waals surface area (Å²) in [5.74, 6) is 0. The highest BCUT2D eigenvalue weighted by atomic mass is 79.9. The second-order valence-electron chi connectivity index (χ2n) is 16.3. The maximum atomic E-state index is 13.6. The average Bonchev–Trinajstić information content (AvgIpc) is 4.29. The minimum absolute atomic E-state index is 0. The van der Waals surface area contributed by atoms with Gasteiger partial charge < -0.3 is 20.3 Å². The molecule has 0 saturated heterocycles. The molecule has 0 unspecified atom stereocenters. The maximum Gasteiger partial charge on any atom is 0.488 e. The van der Waals surface area contributed by atoms with Gasteiger partial charge in [0.25, 0.3) is 0 Å². The summed E-state index contributed by atoms with van der Waals surface area (Å²) in [6, 6.07) is 30.0. The monoisotopic (exact) mass is 1300 g/mol. The van der Waals surface area contributed by atoms with Crippen molar-refractivity contribution in [1.29, 1.82) is 0 Å². The number of hydrogen-bond donors (Lipinski definition) is 4. The van der Waals surface area contributed by atoms with E-state index in [1.807, 2.05) is 0 Å². The molecular formula is C47H36BBrCl2F12N4O8S4. The fourth-order valence-corrected chi connectivity index (χ4v) is 11.0. The van der Waals surface area contributed by atoms with Crippen LogP contribution in [0.1, 0.15) is 18.8 Å². The zero-order chi connectivity index (χ0) is 58.4. The molecule has 79 heavy (non-hydrogen) atoms. The Labute approximate surface area is 467 Å². The summed E-state index contributed by atoms with van der Waals surface area (Å²) >= 11 is 17.4. The van der Waals surface area contributed by atoms with Gasteiger partial charge in [0.2, 0.25) is 0 Å². The summed E-state index contributed by atoms with van der Waals surface area (Å²) < 4.78 is 209. The molecule has 0 aliphatic carbocycles. The number of alkyl halides is 12. The molecule has 32 heteroatoms. The molecule has 0 atom stereocenters. The molecule has 0 fully saturated rings. The van der Waals surface area contributed by atoms with Gasteiger partial charge in [0.1, 0.15) is 11.4 Å². The molecule has 4 aromatic heterocycles. The second kappa shape index (κ2) is 23.7. The Morgan fingerprint density at radius 2 is 0.899 bits per heavy atom. The number of hydrogen-bond acceptors (Lipinski definition) is 12. The first-order valence-corrected chi connectivity index (χ1v) is 28.0. The molecule has 8 aromatic rings. The van der Waals surface area contributed by atoms with E-state index in [0.29, 0.717) is 31.2 Å².